The highest BCUT2D eigenvalue weighted by Crippen LogP contribution is 2.28. The number of hydrogen-bond donors (Lipinski definition) is 4. The van der Waals surface area contributed by atoms with Crippen molar-refractivity contribution in [2.24, 2.45) is 0 Å². The van der Waals surface area contributed by atoms with E-state index >= 15 is 0 Å². The predicted octanol–water partition coefficient (Wildman–Crippen LogP) is 3.52. The molecule has 8 nitrogen and oxygen atoms in total. The van der Waals surface area contributed by atoms with Crippen LogP contribution < -0.4 is 21.3 Å². The molecule has 2 amide bonds. The molecule has 166 valence electrons. The van der Waals surface area contributed by atoms with Crippen LogP contribution in [0, 0.1) is 6.92 Å². The Morgan fingerprint density at radius 3 is 2.66 bits per heavy atom. The number of para-hydroxylation sites is 1. The van der Waals surface area contributed by atoms with Crippen LogP contribution in [0.3, 0.4) is 0 Å². The van der Waals surface area contributed by atoms with Gasteiger partial charge in [-0.1, -0.05) is 30.9 Å². The van der Waals surface area contributed by atoms with Crippen LogP contribution in [0.4, 0.5) is 21.6 Å². The van der Waals surface area contributed by atoms with Crippen LogP contribution in [0.25, 0.3) is 0 Å². The van der Waals surface area contributed by atoms with Crippen LogP contribution in [-0.4, -0.2) is 34.9 Å². The zero-order valence-electron chi connectivity index (χ0n) is 18.1. The van der Waals surface area contributed by atoms with Crippen molar-refractivity contribution >= 4 is 29.0 Å². The molecule has 0 saturated carbocycles. The number of halogens is 1. The Balaban J connectivity index is 1.96. The number of carbonyl (C=O) groups is 2. The van der Waals surface area contributed by atoms with E-state index in [2.05, 4.69) is 32.8 Å². The number of pyridine rings is 1. The zero-order chi connectivity index (χ0) is 23.3. The first-order chi connectivity index (χ1) is 15.4. The maximum atomic E-state index is 14.9. The number of rotatable bonds is 7. The molecule has 9 heteroatoms. The molecule has 1 atom stereocenters. The minimum Gasteiger partial charge on any atom is -0.355 e. The Morgan fingerprint density at radius 1 is 1.25 bits per heavy atom. The predicted molar refractivity (Wildman–Crippen MR) is 123 cm³/mol. The summed E-state index contributed by atoms with van der Waals surface area (Å²) in [6, 6.07) is 9.03. The number of hydrogen-bond acceptors (Lipinski definition) is 6. The van der Waals surface area contributed by atoms with Gasteiger partial charge in [0.2, 0.25) is 5.95 Å². The molecule has 0 spiro atoms. The number of amides is 2. The highest BCUT2D eigenvalue weighted by atomic mass is 19.1. The normalized spacial score (nSPS) is 15.5. The first-order valence-corrected chi connectivity index (χ1v) is 9.95. The molecule has 2 aromatic rings. The van der Waals surface area contributed by atoms with Crippen LogP contribution in [0.2, 0.25) is 0 Å². The summed E-state index contributed by atoms with van der Waals surface area (Å²) in [5.74, 6) is -1.52. The van der Waals surface area contributed by atoms with Crippen molar-refractivity contribution < 1.29 is 14.0 Å². The molecule has 0 fully saturated rings. The van der Waals surface area contributed by atoms with E-state index in [1.165, 1.54) is 36.5 Å². The van der Waals surface area contributed by atoms with Crippen LogP contribution in [0.15, 0.2) is 73.1 Å². The number of nitrogens with zero attached hydrogens (tertiary/aromatic N) is 2. The summed E-state index contributed by atoms with van der Waals surface area (Å²) >= 11 is 0. The fourth-order valence-corrected chi connectivity index (χ4v) is 3.13. The first kappa shape index (κ1) is 22.5. The maximum Gasteiger partial charge on any atom is 0.276 e. The SMILES string of the molecule is C=CC1NC(C(=O)Nc2cc(C(=O)NC)cnc2Nc2ccccc2C)=C(F)N1/C=C\C. The molecule has 32 heavy (non-hydrogen) atoms. The van der Waals surface area contributed by atoms with Crippen molar-refractivity contribution in [3.05, 3.63) is 84.2 Å². The second-order valence-corrected chi connectivity index (χ2v) is 6.97. The third kappa shape index (κ3) is 4.61. The molecule has 1 unspecified atom stereocenters. The Labute approximate surface area is 185 Å². The van der Waals surface area contributed by atoms with Gasteiger partial charge in [-0.3, -0.25) is 14.5 Å². The molecule has 0 aliphatic carbocycles. The van der Waals surface area contributed by atoms with Crippen LogP contribution >= 0.6 is 0 Å². The van der Waals surface area contributed by atoms with Gasteiger partial charge in [-0.05, 0) is 37.6 Å². The average molecular weight is 436 g/mol. The van der Waals surface area contributed by atoms with Gasteiger partial charge in [0, 0.05) is 25.1 Å². The molecule has 0 radical (unpaired) electrons. The molecule has 2 heterocycles. The largest absolute Gasteiger partial charge is 0.355 e. The highest BCUT2D eigenvalue weighted by molar-refractivity contribution is 6.06. The number of aryl methyl sites for hydroxylation is 1. The van der Waals surface area contributed by atoms with Crippen molar-refractivity contribution in [2.75, 3.05) is 17.7 Å². The third-order valence-corrected chi connectivity index (χ3v) is 4.81. The molecule has 4 N–H and O–H groups in total. The van der Waals surface area contributed by atoms with Gasteiger partial charge >= 0.3 is 0 Å². The second-order valence-electron chi connectivity index (χ2n) is 6.97. The second kappa shape index (κ2) is 9.78. The van der Waals surface area contributed by atoms with E-state index in [0.717, 1.165) is 11.3 Å². The standard InChI is InChI=1S/C23H25FN6O2/c1-5-11-30-18(6-2)29-19(20(30)24)23(32)28-17-12-15(22(31)25-4)13-26-21(17)27-16-10-8-7-9-14(16)3/h5-13,18,29H,2H2,1,3-4H3,(H,25,31)(H,26,27)(H,28,32)/b11-5-. The van der Waals surface area contributed by atoms with Crippen molar-refractivity contribution in [3.8, 4) is 0 Å². The van der Waals surface area contributed by atoms with E-state index in [4.69, 9.17) is 0 Å². The fraction of sp³-hybridized carbons (Fsp3) is 0.174. The van der Waals surface area contributed by atoms with Crippen LogP contribution in [0.5, 0.6) is 0 Å². The average Bonchev–Trinajstić information content (AvgIpc) is 3.11. The Bertz CT molecular complexity index is 1110. The van der Waals surface area contributed by atoms with Crippen molar-refractivity contribution in [3.63, 3.8) is 0 Å². The summed E-state index contributed by atoms with van der Waals surface area (Å²) in [6.45, 7) is 7.33. The Morgan fingerprint density at radius 2 is 2.00 bits per heavy atom. The van der Waals surface area contributed by atoms with Gasteiger partial charge in [0.1, 0.15) is 6.17 Å². The summed E-state index contributed by atoms with van der Waals surface area (Å²) in [6.07, 6.45) is 5.43. The van der Waals surface area contributed by atoms with Gasteiger partial charge in [0.25, 0.3) is 11.8 Å². The van der Waals surface area contributed by atoms with E-state index in [-0.39, 0.29) is 22.9 Å². The minimum atomic E-state index is -0.741. The summed E-state index contributed by atoms with van der Waals surface area (Å²) in [5.41, 5.74) is 1.95. The van der Waals surface area contributed by atoms with Crippen LogP contribution in [-0.2, 0) is 4.79 Å². The Kier molecular flexibility index (Phi) is 6.89. The minimum absolute atomic E-state index is 0.223. The summed E-state index contributed by atoms with van der Waals surface area (Å²) in [7, 11) is 1.49. The Hall–Kier alpha value is -4.14. The number of anilines is 3. The van der Waals surface area contributed by atoms with Crippen LogP contribution in [0.1, 0.15) is 22.8 Å². The lowest BCUT2D eigenvalue weighted by atomic mass is 10.2. The fourth-order valence-electron chi connectivity index (χ4n) is 3.13. The highest BCUT2D eigenvalue weighted by Gasteiger charge is 2.32. The molecule has 1 aliphatic heterocycles. The van der Waals surface area contributed by atoms with E-state index in [0.29, 0.717) is 5.82 Å². The number of benzene rings is 1. The monoisotopic (exact) mass is 436 g/mol. The lowest BCUT2D eigenvalue weighted by Crippen LogP contribution is -2.33. The van der Waals surface area contributed by atoms with Gasteiger partial charge in [0.05, 0.1) is 11.3 Å². The van der Waals surface area contributed by atoms with E-state index in [1.54, 1.807) is 13.0 Å². The van der Waals surface area contributed by atoms with E-state index in [1.807, 2.05) is 31.2 Å². The van der Waals surface area contributed by atoms with Gasteiger partial charge in [-0.2, -0.15) is 4.39 Å². The van der Waals surface area contributed by atoms with E-state index in [9.17, 15) is 14.0 Å². The number of carbonyl (C=O) groups excluding carboxylic acids is 2. The molecule has 0 bridgehead atoms. The molecule has 3 rings (SSSR count). The molecule has 1 aromatic carbocycles. The smallest absolute Gasteiger partial charge is 0.276 e. The quantitative estimate of drug-likeness (QED) is 0.392. The maximum absolute atomic E-state index is 14.9. The van der Waals surface area contributed by atoms with Crippen molar-refractivity contribution in [1.82, 2.24) is 20.5 Å². The third-order valence-electron chi connectivity index (χ3n) is 4.81. The summed E-state index contributed by atoms with van der Waals surface area (Å²) in [4.78, 5) is 30.6. The molecule has 1 aliphatic rings. The molecular formula is C23H25FN6O2. The lowest BCUT2D eigenvalue weighted by Gasteiger charge is -2.18. The van der Waals surface area contributed by atoms with Gasteiger partial charge in [0.15, 0.2) is 11.5 Å². The number of nitrogens with one attached hydrogen (secondary N) is 4. The van der Waals surface area contributed by atoms with Gasteiger partial charge in [-0.25, -0.2) is 4.98 Å². The first-order valence-electron chi connectivity index (χ1n) is 9.95. The zero-order valence-corrected chi connectivity index (χ0v) is 18.1. The number of allylic oxidation sites excluding steroid dienone is 1. The van der Waals surface area contributed by atoms with E-state index < -0.39 is 18.0 Å². The molecule has 0 saturated heterocycles. The molecule has 1 aromatic heterocycles. The van der Waals surface area contributed by atoms with Gasteiger partial charge < -0.3 is 21.3 Å². The van der Waals surface area contributed by atoms with Gasteiger partial charge in [-0.15, -0.1) is 0 Å². The topological polar surface area (TPSA) is 98.4 Å². The summed E-state index contributed by atoms with van der Waals surface area (Å²) in [5, 5.41) is 11.1. The lowest BCUT2D eigenvalue weighted by molar-refractivity contribution is -0.113. The molecular weight excluding hydrogens is 411 g/mol. The number of aromatic nitrogens is 1. The van der Waals surface area contributed by atoms with Crippen molar-refractivity contribution in [1.29, 1.82) is 0 Å². The summed E-state index contributed by atoms with van der Waals surface area (Å²) < 4.78 is 14.9. The van der Waals surface area contributed by atoms with Crippen molar-refractivity contribution in [2.45, 2.75) is 20.0 Å².